The fourth-order valence-electron chi connectivity index (χ4n) is 3.63. The summed E-state index contributed by atoms with van der Waals surface area (Å²) in [5.74, 6) is -0.563. The molecule has 1 saturated carbocycles. The fourth-order valence-corrected chi connectivity index (χ4v) is 4.23. The maximum absolute atomic E-state index is 12.6. The molecule has 0 bridgehead atoms. The zero-order valence-electron chi connectivity index (χ0n) is 13.5. The van der Waals surface area contributed by atoms with Gasteiger partial charge in [-0.05, 0) is 48.6 Å². The van der Waals surface area contributed by atoms with Crippen molar-refractivity contribution in [3.8, 4) is 5.75 Å². The molecule has 2 aromatic rings. The summed E-state index contributed by atoms with van der Waals surface area (Å²) in [5.41, 5.74) is 0.542. The van der Waals surface area contributed by atoms with Crippen molar-refractivity contribution in [2.45, 2.75) is 25.7 Å². The summed E-state index contributed by atoms with van der Waals surface area (Å²) in [5, 5.41) is 1.81. The van der Waals surface area contributed by atoms with Crippen LogP contribution in [0, 0.1) is 11.8 Å². The van der Waals surface area contributed by atoms with E-state index in [1.54, 1.807) is 36.4 Å². The average Bonchev–Trinajstić information content (AvgIpc) is 3.25. The van der Waals surface area contributed by atoms with Gasteiger partial charge in [-0.15, -0.1) is 11.3 Å². The summed E-state index contributed by atoms with van der Waals surface area (Å²) in [4.78, 5) is 39.0. The summed E-state index contributed by atoms with van der Waals surface area (Å²) in [7, 11) is 0. The van der Waals surface area contributed by atoms with E-state index in [-0.39, 0.29) is 23.7 Å². The van der Waals surface area contributed by atoms with Crippen LogP contribution in [0.4, 0.5) is 5.69 Å². The van der Waals surface area contributed by atoms with E-state index in [0.29, 0.717) is 16.3 Å². The molecule has 1 aromatic heterocycles. The van der Waals surface area contributed by atoms with Gasteiger partial charge in [0.2, 0.25) is 11.8 Å². The van der Waals surface area contributed by atoms with Crippen molar-refractivity contribution in [1.29, 1.82) is 0 Å². The lowest BCUT2D eigenvalue weighted by Crippen LogP contribution is -2.30. The number of anilines is 1. The third-order valence-corrected chi connectivity index (χ3v) is 5.72. The van der Waals surface area contributed by atoms with Gasteiger partial charge in [-0.3, -0.25) is 14.5 Å². The van der Waals surface area contributed by atoms with Crippen LogP contribution in [0.5, 0.6) is 5.75 Å². The predicted molar refractivity (Wildman–Crippen MR) is 93.7 cm³/mol. The van der Waals surface area contributed by atoms with Crippen molar-refractivity contribution in [1.82, 2.24) is 0 Å². The number of esters is 1. The highest BCUT2D eigenvalue weighted by molar-refractivity contribution is 7.12. The second-order valence-electron chi connectivity index (χ2n) is 6.37. The minimum atomic E-state index is -0.415. The highest BCUT2D eigenvalue weighted by Crippen LogP contribution is 2.40. The molecule has 2 fully saturated rings. The van der Waals surface area contributed by atoms with E-state index in [2.05, 4.69) is 0 Å². The predicted octanol–water partition coefficient (Wildman–Crippen LogP) is 3.65. The molecule has 2 amide bonds. The number of benzene rings is 1. The Kier molecular flexibility index (Phi) is 4.13. The van der Waals surface area contributed by atoms with Gasteiger partial charge in [0.25, 0.3) is 0 Å². The van der Waals surface area contributed by atoms with E-state index in [9.17, 15) is 14.4 Å². The van der Waals surface area contributed by atoms with Gasteiger partial charge in [-0.1, -0.05) is 18.9 Å². The summed E-state index contributed by atoms with van der Waals surface area (Å²) in [6.45, 7) is 0. The maximum atomic E-state index is 12.6. The number of fused-ring (bicyclic) bond motifs is 1. The molecule has 0 radical (unpaired) electrons. The van der Waals surface area contributed by atoms with Crippen LogP contribution in [0.15, 0.2) is 41.8 Å². The molecule has 6 heteroatoms. The van der Waals surface area contributed by atoms with E-state index in [0.717, 1.165) is 25.7 Å². The number of rotatable bonds is 3. The van der Waals surface area contributed by atoms with Gasteiger partial charge < -0.3 is 4.74 Å². The Morgan fingerprint density at radius 1 is 1.00 bits per heavy atom. The first-order valence-corrected chi connectivity index (χ1v) is 9.26. The van der Waals surface area contributed by atoms with E-state index < -0.39 is 5.97 Å². The molecular formula is C19H17NO4S. The zero-order chi connectivity index (χ0) is 17.4. The van der Waals surface area contributed by atoms with Crippen molar-refractivity contribution in [3.63, 3.8) is 0 Å². The number of imide groups is 1. The highest BCUT2D eigenvalue weighted by Gasteiger charge is 2.48. The van der Waals surface area contributed by atoms with Crippen LogP contribution in [-0.2, 0) is 9.59 Å². The second kappa shape index (κ2) is 6.44. The van der Waals surface area contributed by atoms with Gasteiger partial charge in [0.05, 0.1) is 17.5 Å². The quantitative estimate of drug-likeness (QED) is 0.479. The number of amides is 2. The lowest BCUT2D eigenvalue weighted by atomic mass is 9.81. The normalized spacial score (nSPS) is 22.8. The Bertz CT molecular complexity index is 788. The standard InChI is InChI=1S/C19H17NO4S/c21-17-14-4-1-2-5-15(14)18(22)20(17)12-7-9-13(10-8-12)24-19(23)16-6-3-11-25-16/h3,6-11,14-15H,1-2,4-5H2/t14-,15-/m0/s1. The Morgan fingerprint density at radius 2 is 1.64 bits per heavy atom. The molecule has 2 heterocycles. The van der Waals surface area contributed by atoms with Gasteiger partial charge in [0.1, 0.15) is 10.6 Å². The topological polar surface area (TPSA) is 63.7 Å². The first-order valence-electron chi connectivity index (χ1n) is 8.39. The Balaban J connectivity index is 1.51. The van der Waals surface area contributed by atoms with E-state index >= 15 is 0 Å². The number of hydrogen-bond donors (Lipinski definition) is 0. The number of hydrogen-bond acceptors (Lipinski definition) is 5. The molecule has 1 aliphatic carbocycles. The highest BCUT2D eigenvalue weighted by atomic mass is 32.1. The first kappa shape index (κ1) is 16.0. The molecule has 25 heavy (non-hydrogen) atoms. The minimum absolute atomic E-state index is 0.0990. The van der Waals surface area contributed by atoms with Crippen molar-refractivity contribution < 1.29 is 19.1 Å². The lowest BCUT2D eigenvalue weighted by Gasteiger charge is -2.19. The van der Waals surface area contributed by atoms with Crippen molar-refractivity contribution >= 4 is 34.8 Å². The Hall–Kier alpha value is -2.47. The number of nitrogens with zero attached hydrogens (tertiary/aromatic N) is 1. The van der Waals surface area contributed by atoms with Crippen LogP contribution in [0.2, 0.25) is 0 Å². The van der Waals surface area contributed by atoms with Gasteiger partial charge >= 0.3 is 5.97 Å². The van der Waals surface area contributed by atoms with Crippen molar-refractivity contribution in [2.75, 3.05) is 4.90 Å². The fraction of sp³-hybridized carbons (Fsp3) is 0.316. The van der Waals surface area contributed by atoms with Crippen LogP contribution in [0.25, 0.3) is 0 Å². The number of carbonyl (C=O) groups excluding carboxylic acids is 3. The lowest BCUT2D eigenvalue weighted by molar-refractivity contribution is -0.122. The molecule has 1 aromatic carbocycles. The molecule has 1 saturated heterocycles. The molecule has 4 rings (SSSR count). The van der Waals surface area contributed by atoms with Gasteiger partial charge in [0, 0.05) is 0 Å². The molecule has 2 aliphatic rings. The van der Waals surface area contributed by atoms with Crippen LogP contribution in [0.3, 0.4) is 0 Å². The number of ether oxygens (including phenoxy) is 1. The minimum Gasteiger partial charge on any atom is -0.422 e. The van der Waals surface area contributed by atoms with Crippen molar-refractivity contribution in [3.05, 3.63) is 46.7 Å². The third kappa shape index (κ3) is 2.87. The average molecular weight is 355 g/mol. The smallest absolute Gasteiger partial charge is 0.353 e. The number of carbonyl (C=O) groups is 3. The summed E-state index contributed by atoms with van der Waals surface area (Å²) in [6, 6.07) is 10.0. The van der Waals surface area contributed by atoms with E-state index in [4.69, 9.17) is 4.74 Å². The summed E-state index contributed by atoms with van der Waals surface area (Å²) < 4.78 is 5.31. The van der Waals surface area contributed by atoms with Gasteiger partial charge in [-0.2, -0.15) is 0 Å². The maximum Gasteiger partial charge on any atom is 0.353 e. The summed E-state index contributed by atoms with van der Waals surface area (Å²) >= 11 is 1.31. The first-order chi connectivity index (χ1) is 12.1. The molecule has 2 atom stereocenters. The van der Waals surface area contributed by atoms with E-state index in [1.165, 1.54) is 16.2 Å². The van der Waals surface area contributed by atoms with Crippen LogP contribution in [0.1, 0.15) is 35.4 Å². The Labute approximate surface area is 149 Å². The van der Waals surface area contributed by atoms with Crippen molar-refractivity contribution in [2.24, 2.45) is 11.8 Å². The SMILES string of the molecule is O=C(Oc1ccc(N2C(=O)[C@H]3CCCC[C@@H]3C2=O)cc1)c1cccs1. The van der Waals surface area contributed by atoms with Crippen LogP contribution >= 0.6 is 11.3 Å². The van der Waals surface area contributed by atoms with Gasteiger partial charge in [0.15, 0.2) is 0 Å². The largest absolute Gasteiger partial charge is 0.422 e. The molecular weight excluding hydrogens is 338 g/mol. The zero-order valence-corrected chi connectivity index (χ0v) is 14.3. The second-order valence-corrected chi connectivity index (χ2v) is 7.32. The van der Waals surface area contributed by atoms with Crippen LogP contribution in [-0.4, -0.2) is 17.8 Å². The number of thiophene rings is 1. The monoisotopic (exact) mass is 355 g/mol. The molecule has 0 unspecified atom stereocenters. The van der Waals surface area contributed by atoms with Gasteiger partial charge in [-0.25, -0.2) is 4.79 Å². The molecule has 0 spiro atoms. The van der Waals surface area contributed by atoms with E-state index in [1.807, 2.05) is 5.38 Å². The Morgan fingerprint density at radius 3 is 2.20 bits per heavy atom. The van der Waals surface area contributed by atoms with Crippen LogP contribution < -0.4 is 9.64 Å². The molecule has 5 nitrogen and oxygen atoms in total. The molecule has 0 N–H and O–H groups in total. The third-order valence-electron chi connectivity index (χ3n) is 4.87. The summed E-state index contributed by atoms with van der Waals surface area (Å²) in [6.07, 6.45) is 3.60. The molecule has 128 valence electrons. The molecule has 1 aliphatic heterocycles.